The first kappa shape index (κ1) is 23.1. The minimum atomic E-state index is -0.941. The number of aryl methyl sites for hydroxylation is 1. The molecule has 3 aromatic carbocycles. The van der Waals surface area contributed by atoms with Crippen LogP contribution in [0.2, 0.25) is 0 Å². The molecule has 0 unspecified atom stereocenters. The van der Waals surface area contributed by atoms with Crippen LogP contribution in [0.1, 0.15) is 11.1 Å². The fourth-order valence-corrected chi connectivity index (χ4v) is 2.63. The van der Waals surface area contributed by atoms with E-state index in [1.807, 2.05) is 19.1 Å². The smallest absolute Gasteiger partial charge is 0.329 e. The predicted molar refractivity (Wildman–Crippen MR) is 123 cm³/mol. The molecule has 0 atom stereocenters. The SMILES string of the molecule is Cc1ccc(NC(=O)C(=O)N/N=C\c2ccccc2OCC(=O)Nc2ccc(F)cc2)cc1. The van der Waals surface area contributed by atoms with E-state index in [4.69, 9.17) is 4.74 Å². The van der Waals surface area contributed by atoms with Crippen LogP contribution in [0.5, 0.6) is 5.75 Å². The van der Waals surface area contributed by atoms with Gasteiger partial charge in [-0.15, -0.1) is 0 Å². The van der Waals surface area contributed by atoms with Gasteiger partial charge in [0.2, 0.25) is 0 Å². The molecule has 0 heterocycles. The summed E-state index contributed by atoms with van der Waals surface area (Å²) in [7, 11) is 0. The van der Waals surface area contributed by atoms with E-state index in [1.54, 1.807) is 36.4 Å². The van der Waals surface area contributed by atoms with Gasteiger partial charge in [0, 0.05) is 16.9 Å². The highest BCUT2D eigenvalue weighted by Crippen LogP contribution is 2.16. The molecule has 3 rings (SSSR count). The predicted octanol–water partition coefficient (Wildman–Crippen LogP) is 3.24. The minimum Gasteiger partial charge on any atom is -0.483 e. The number of rotatable bonds is 7. The number of hydrazone groups is 1. The zero-order valence-electron chi connectivity index (χ0n) is 17.7. The van der Waals surface area contributed by atoms with Crippen LogP contribution in [0.25, 0.3) is 0 Å². The molecule has 0 fully saturated rings. The normalized spacial score (nSPS) is 10.5. The molecule has 8 nitrogen and oxygen atoms in total. The molecule has 0 saturated heterocycles. The number of amides is 3. The number of hydrogen-bond acceptors (Lipinski definition) is 5. The van der Waals surface area contributed by atoms with Crippen molar-refractivity contribution < 1.29 is 23.5 Å². The van der Waals surface area contributed by atoms with Crippen LogP contribution >= 0.6 is 0 Å². The first-order valence-corrected chi connectivity index (χ1v) is 9.89. The van der Waals surface area contributed by atoms with Crippen molar-refractivity contribution >= 4 is 35.3 Å². The average Bonchev–Trinajstić information content (AvgIpc) is 2.81. The Balaban J connectivity index is 1.52. The fourth-order valence-electron chi connectivity index (χ4n) is 2.63. The van der Waals surface area contributed by atoms with Crippen molar-refractivity contribution in [2.75, 3.05) is 17.2 Å². The van der Waals surface area contributed by atoms with Crippen molar-refractivity contribution in [2.24, 2.45) is 5.10 Å². The van der Waals surface area contributed by atoms with Gasteiger partial charge in [0.05, 0.1) is 6.21 Å². The van der Waals surface area contributed by atoms with Gasteiger partial charge in [-0.3, -0.25) is 14.4 Å². The lowest BCUT2D eigenvalue weighted by Crippen LogP contribution is -2.32. The summed E-state index contributed by atoms with van der Waals surface area (Å²) < 4.78 is 18.5. The maximum absolute atomic E-state index is 12.9. The van der Waals surface area contributed by atoms with E-state index < -0.39 is 23.5 Å². The third-order valence-electron chi connectivity index (χ3n) is 4.29. The number of halogens is 1. The summed E-state index contributed by atoms with van der Waals surface area (Å²) in [5.41, 5.74) is 4.57. The number of carbonyl (C=O) groups is 3. The number of nitrogens with zero attached hydrogens (tertiary/aromatic N) is 1. The Morgan fingerprint density at radius 2 is 1.52 bits per heavy atom. The van der Waals surface area contributed by atoms with E-state index in [2.05, 4.69) is 21.2 Å². The Bertz CT molecular complexity index is 1160. The molecule has 0 radical (unpaired) electrons. The van der Waals surface area contributed by atoms with Crippen LogP contribution in [0.15, 0.2) is 77.9 Å². The van der Waals surface area contributed by atoms with Crippen molar-refractivity contribution in [3.05, 3.63) is 89.7 Å². The van der Waals surface area contributed by atoms with Crippen LogP contribution in [-0.2, 0) is 14.4 Å². The molecule has 9 heteroatoms. The van der Waals surface area contributed by atoms with Gasteiger partial charge in [-0.2, -0.15) is 5.10 Å². The maximum atomic E-state index is 12.9. The van der Waals surface area contributed by atoms with Gasteiger partial charge < -0.3 is 15.4 Å². The summed E-state index contributed by atoms with van der Waals surface area (Å²) in [6.45, 7) is 1.61. The topological polar surface area (TPSA) is 109 Å². The van der Waals surface area contributed by atoms with Crippen molar-refractivity contribution in [1.82, 2.24) is 5.43 Å². The Morgan fingerprint density at radius 3 is 2.24 bits per heavy atom. The molecule has 33 heavy (non-hydrogen) atoms. The van der Waals surface area contributed by atoms with Gasteiger partial charge in [0.1, 0.15) is 11.6 Å². The molecule has 0 bridgehead atoms. The number of ether oxygens (including phenoxy) is 1. The zero-order valence-corrected chi connectivity index (χ0v) is 17.7. The van der Waals surface area contributed by atoms with Gasteiger partial charge in [-0.05, 0) is 55.5 Å². The van der Waals surface area contributed by atoms with Crippen LogP contribution in [0.3, 0.4) is 0 Å². The average molecular weight is 448 g/mol. The molecular formula is C24H21FN4O4. The number of hydrogen-bond donors (Lipinski definition) is 3. The Kier molecular flexibility index (Phi) is 7.85. The number of carbonyl (C=O) groups excluding carboxylic acids is 3. The van der Waals surface area contributed by atoms with E-state index in [1.165, 1.54) is 30.5 Å². The van der Waals surface area contributed by atoms with Gasteiger partial charge in [-0.1, -0.05) is 29.8 Å². The van der Waals surface area contributed by atoms with Crippen molar-refractivity contribution in [2.45, 2.75) is 6.92 Å². The van der Waals surface area contributed by atoms with Crippen LogP contribution in [0, 0.1) is 12.7 Å². The van der Waals surface area contributed by atoms with Gasteiger partial charge in [-0.25, -0.2) is 9.82 Å². The lowest BCUT2D eigenvalue weighted by molar-refractivity contribution is -0.136. The van der Waals surface area contributed by atoms with Gasteiger partial charge in [0.15, 0.2) is 6.61 Å². The van der Waals surface area contributed by atoms with Crippen LogP contribution < -0.4 is 20.8 Å². The summed E-state index contributed by atoms with van der Waals surface area (Å²) in [6, 6.07) is 19.0. The summed E-state index contributed by atoms with van der Waals surface area (Å²) in [4.78, 5) is 36.0. The molecular weight excluding hydrogens is 427 g/mol. The highest BCUT2D eigenvalue weighted by Gasteiger charge is 2.13. The monoisotopic (exact) mass is 448 g/mol. The molecule has 0 aliphatic heterocycles. The van der Waals surface area contributed by atoms with Crippen LogP contribution in [-0.4, -0.2) is 30.5 Å². The van der Waals surface area contributed by atoms with E-state index in [0.717, 1.165) is 5.56 Å². The Labute approximate surface area is 189 Å². The molecule has 0 saturated carbocycles. The second kappa shape index (κ2) is 11.2. The zero-order chi connectivity index (χ0) is 23.6. The molecule has 0 aliphatic rings. The molecule has 3 N–H and O–H groups in total. The lowest BCUT2D eigenvalue weighted by Gasteiger charge is -2.09. The highest BCUT2D eigenvalue weighted by atomic mass is 19.1. The van der Waals surface area contributed by atoms with E-state index in [9.17, 15) is 18.8 Å². The van der Waals surface area contributed by atoms with Gasteiger partial charge >= 0.3 is 11.8 Å². The second-order valence-electron chi connectivity index (χ2n) is 6.90. The Hall–Kier alpha value is -4.53. The lowest BCUT2D eigenvalue weighted by atomic mass is 10.2. The molecule has 0 spiro atoms. The summed E-state index contributed by atoms with van der Waals surface area (Å²) >= 11 is 0. The van der Waals surface area contributed by atoms with Crippen LogP contribution in [0.4, 0.5) is 15.8 Å². The molecule has 0 aliphatic carbocycles. The molecule has 0 aromatic heterocycles. The Morgan fingerprint density at radius 1 is 0.879 bits per heavy atom. The van der Waals surface area contributed by atoms with Gasteiger partial charge in [0.25, 0.3) is 5.91 Å². The number of para-hydroxylation sites is 1. The number of anilines is 2. The van der Waals surface area contributed by atoms with E-state index in [-0.39, 0.29) is 6.61 Å². The number of nitrogens with one attached hydrogen (secondary N) is 3. The first-order valence-electron chi connectivity index (χ1n) is 9.89. The second-order valence-corrected chi connectivity index (χ2v) is 6.90. The minimum absolute atomic E-state index is 0.298. The third kappa shape index (κ3) is 7.28. The molecule has 168 valence electrons. The highest BCUT2D eigenvalue weighted by molar-refractivity contribution is 6.39. The summed E-state index contributed by atoms with van der Waals surface area (Å²) in [6.07, 6.45) is 1.30. The molecule has 3 aromatic rings. The maximum Gasteiger partial charge on any atom is 0.329 e. The van der Waals surface area contributed by atoms with E-state index >= 15 is 0 Å². The fraction of sp³-hybridized carbons (Fsp3) is 0.0833. The molecule has 3 amide bonds. The number of benzene rings is 3. The quantitative estimate of drug-likeness (QED) is 0.293. The largest absolute Gasteiger partial charge is 0.483 e. The van der Waals surface area contributed by atoms with Crippen molar-refractivity contribution in [1.29, 1.82) is 0 Å². The summed E-state index contributed by atoms with van der Waals surface area (Å²) in [5, 5.41) is 8.84. The summed E-state index contributed by atoms with van der Waals surface area (Å²) in [5.74, 6) is -2.30. The van der Waals surface area contributed by atoms with Crippen molar-refractivity contribution in [3.63, 3.8) is 0 Å². The van der Waals surface area contributed by atoms with Crippen molar-refractivity contribution in [3.8, 4) is 5.75 Å². The standard InChI is InChI=1S/C24H21FN4O4/c1-16-6-10-20(11-7-16)28-23(31)24(32)29-26-14-17-4-2-3-5-21(17)33-15-22(30)27-19-12-8-18(25)9-13-19/h2-14H,15H2,1H3,(H,27,30)(H,28,31)(H,29,32)/b26-14-. The van der Waals surface area contributed by atoms with E-state index in [0.29, 0.717) is 22.7 Å². The first-order chi connectivity index (χ1) is 15.9. The third-order valence-corrected chi connectivity index (χ3v) is 4.29.